The molecule has 7 heteroatoms. The van der Waals surface area contributed by atoms with E-state index in [1.807, 2.05) is 30.3 Å². The van der Waals surface area contributed by atoms with Gasteiger partial charge in [0, 0.05) is 23.6 Å². The molecule has 0 saturated heterocycles. The van der Waals surface area contributed by atoms with Crippen molar-refractivity contribution in [1.29, 1.82) is 0 Å². The van der Waals surface area contributed by atoms with Crippen molar-refractivity contribution in [3.63, 3.8) is 0 Å². The lowest BCUT2D eigenvalue weighted by Gasteiger charge is -2.08. The maximum absolute atomic E-state index is 4.67. The zero-order chi connectivity index (χ0) is 16.6. The minimum atomic E-state index is 0.637. The highest BCUT2D eigenvalue weighted by Crippen LogP contribution is 2.20. The van der Waals surface area contributed by atoms with Gasteiger partial charge in [-0.25, -0.2) is 4.98 Å². The zero-order valence-electron chi connectivity index (χ0n) is 13.3. The summed E-state index contributed by atoms with van der Waals surface area (Å²) in [5, 5.41) is 16.6. The van der Waals surface area contributed by atoms with Crippen molar-refractivity contribution in [3.8, 4) is 0 Å². The summed E-state index contributed by atoms with van der Waals surface area (Å²) >= 11 is 0. The number of tetrazole rings is 1. The number of nitrogens with one attached hydrogen (secondary N) is 2. The summed E-state index contributed by atoms with van der Waals surface area (Å²) in [6, 6.07) is 16.1. The van der Waals surface area contributed by atoms with E-state index in [0.717, 1.165) is 29.5 Å². The highest BCUT2D eigenvalue weighted by atomic mass is 15.5. The predicted molar refractivity (Wildman–Crippen MR) is 96.6 cm³/mol. The third-order valence-corrected chi connectivity index (χ3v) is 4.39. The standard InChI is InChI=1S/C18H15N7/c1-2-6-14-13(5-1)12(11-20-14)9-10-19-17-18-22-23-24-25(18)16-8-4-3-7-15(16)21-17/h1-8,11,20H,9-10H2,(H,19,21). The predicted octanol–water partition coefficient (Wildman–Crippen LogP) is 2.81. The van der Waals surface area contributed by atoms with Crippen molar-refractivity contribution >= 4 is 33.4 Å². The smallest absolute Gasteiger partial charge is 0.222 e. The summed E-state index contributed by atoms with van der Waals surface area (Å²) in [5.41, 5.74) is 4.82. The van der Waals surface area contributed by atoms with E-state index in [4.69, 9.17) is 0 Å². The summed E-state index contributed by atoms with van der Waals surface area (Å²) in [5.74, 6) is 0.698. The van der Waals surface area contributed by atoms with E-state index in [-0.39, 0.29) is 0 Å². The van der Waals surface area contributed by atoms with Crippen LogP contribution in [0.1, 0.15) is 5.56 Å². The van der Waals surface area contributed by atoms with Gasteiger partial charge in [0.05, 0.1) is 11.0 Å². The van der Waals surface area contributed by atoms with E-state index in [0.29, 0.717) is 11.5 Å². The second kappa shape index (κ2) is 5.55. The number of aromatic amines is 1. The van der Waals surface area contributed by atoms with Crippen LogP contribution in [0, 0.1) is 0 Å². The number of para-hydroxylation sites is 3. The van der Waals surface area contributed by atoms with Crippen molar-refractivity contribution in [3.05, 3.63) is 60.3 Å². The number of hydrogen-bond donors (Lipinski definition) is 2. The molecule has 5 rings (SSSR count). The number of hydrogen-bond acceptors (Lipinski definition) is 5. The number of benzene rings is 2. The molecule has 2 N–H and O–H groups in total. The van der Waals surface area contributed by atoms with E-state index in [1.165, 1.54) is 10.9 Å². The highest BCUT2D eigenvalue weighted by Gasteiger charge is 2.11. The van der Waals surface area contributed by atoms with E-state index in [9.17, 15) is 0 Å². The van der Waals surface area contributed by atoms with Gasteiger partial charge < -0.3 is 10.3 Å². The molecule has 0 atom stereocenters. The zero-order valence-corrected chi connectivity index (χ0v) is 13.3. The fraction of sp³-hybridized carbons (Fsp3) is 0.111. The lowest BCUT2D eigenvalue weighted by molar-refractivity contribution is 0.840. The van der Waals surface area contributed by atoms with E-state index < -0.39 is 0 Å². The molecule has 2 aromatic carbocycles. The van der Waals surface area contributed by atoms with Crippen molar-refractivity contribution in [2.75, 3.05) is 11.9 Å². The first kappa shape index (κ1) is 13.9. The van der Waals surface area contributed by atoms with Gasteiger partial charge in [-0.05, 0) is 40.6 Å². The summed E-state index contributed by atoms with van der Waals surface area (Å²) in [4.78, 5) is 7.98. The van der Waals surface area contributed by atoms with Crippen molar-refractivity contribution in [1.82, 2.24) is 30.0 Å². The minimum absolute atomic E-state index is 0.637. The van der Waals surface area contributed by atoms with E-state index in [1.54, 1.807) is 4.52 Å². The Labute approximate surface area is 142 Å². The molecule has 0 bridgehead atoms. The van der Waals surface area contributed by atoms with Gasteiger partial charge in [0.1, 0.15) is 0 Å². The Morgan fingerprint density at radius 3 is 2.92 bits per heavy atom. The second-order valence-corrected chi connectivity index (χ2v) is 5.90. The fourth-order valence-electron chi connectivity index (χ4n) is 3.18. The van der Waals surface area contributed by atoms with Crippen LogP contribution in [-0.4, -0.2) is 36.6 Å². The number of nitrogens with zero attached hydrogens (tertiary/aromatic N) is 5. The summed E-state index contributed by atoms with van der Waals surface area (Å²) in [7, 11) is 0. The average Bonchev–Trinajstić information content (AvgIpc) is 3.29. The lowest BCUT2D eigenvalue weighted by Crippen LogP contribution is -2.08. The summed E-state index contributed by atoms with van der Waals surface area (Å²) < 4.78 is 1.72. The molecule has 0 unspecified atom stereocenters. The molecule has 0 spiro atoms. The molecule has 5 aromatic rings. The highest BCUT2D eigenvalue weighted by molar-refractivity contribution is 5.83. The molecular formula is C18H15N7. The van der Waals surface area contributed by atoms with E-state index >= 15 is 0 Å². The average molecular weight is 329 g/mol. The summed E-state index contributed by atoms with van der Waals surface area (Å²) in [6.45, 7) is 0.746. The van der Waals surface area contributed by atoms with Crippen LogP contribution in [0.3, 0.4) is 0 Å². The molecule has 0 saturated carbocycles. The molecule has 3 aromatic heterocycles. The molecule has 0 aliphatic rings. The molecule has 7 nitrogen and oxygen atoms in total. The van der Waals surface area contributed by atoms with Crippen molar-refractivity contribution < 1.29 is 0 Å². The van der Waals surface area contributed by atoms with Crippen LogP contribution in [0.2, 0.25) is 0 Å². The Bertz CT molecular complexity index is 1190. The van der Waals surface area contributed by atoms with Gasteiger partial charge in [0.25, 0.3) is 0 Å². The number of aromatic nitrogens is 6. The fourth-order valence-corrected chi connectivity index (χ4v) is 3.18. The third kappa shape index (κ3) is 2.28. The molecule has 3 heterocycles. The van der Waals surface area contributed by atoms with Crippen LogP contribution in [0.4, 0.5) is 5.82 Å². The van der Waals surface area contributed by atoms with Gasteiger partial charge in [-0.2, -0.15) is 4.52 Å². The molecule has 0 amide bonds. The normalized spacial score (nSPS) is 11.5. The maximum Gasteiger partial charge on any atom is 0.222 e. The van der Waals surface area contributed by atoms with Gasteiger partial charge >= 0.3 is 0 Å². The Morgan fingerprint density at radius 1 is 1.04 bits per heavy atom. The van der Waals surface area contributed by atoms with Gasteiger partial charge in [-0.3, -0.25) is 0 Å². The van der Waals surface area contributed by atoms with Gasteiger partial charge in [-0.1, -0.05) is 30.3 Å². The molecule has 122 valence electrons. The molecular weight excluding hydrogens is 314 g/mol. The molecule has 25 heavy (non-hydrogen) atoms. The number of anilines is 1. The Morgan fingerprint density at radius 2 is 1.92 bits per heavy atom. The quantitative estimate of drug-likeness (QED) is 0.530. The van der Waals surface area contributed by atoms with Crippen LogP contribution < -0.4 is 5.32 Å². The first-order valence-electron chi connectivity index (χ1n) is 8.16. The Balaban J connectivity index is 1.44. The van der Waals surface area contributed by atoms with Gasteiger partial charge in [-0.15, -0.1) is 5.10 Å². The van der Waals surface area contributed by atoms with Crippen molar-refractivity contribution in [2.45, 2.75) is 6.42 Å². The third-order valence-electron chi connectivity index (χ3n) is 4.39. The maximum atomic E-state index is 4.67. The topological polar surface area (TPSA) is 83.8 Å². The SMILES string of the molecule is c1ccc2c(c1)nc(NCCc1c[nH]c3ccccc13)c1nnnn12. The number of rotatable bonds is 4. The van der Waals surface area contributed by atoms with Gasteiger partial charge in [0.15, 0.2) is 5.82 Å². The second-order valence-electron chi connectivity index (χ2n) is 5.90. The number of fused-ring (bicyclic) bond motifs is 4. The van der Waals surface area contributed by atoms with Crippen LogP contribution >= 0.6 is 0 Å². The van der Waals surface area contributed by atoms with Crippen molar-refractivity contribution in [2.24, 2.45) is 0 Å². The van der Waals surface area contributed by atoms with Crippen LogP contribution in [-0.2, 0) is 6.42 Å². The lowest BCUT2D eigenvalue weighted by atomic mass is 10.1. The first-order valence-corrected chi connectivity index (χ1v) is 8.16. The van der Waals surface area contributed by atoms with Crippen LogP contribution in [0.5, 0.6) is 0 Å². The Kier molecular flexibility index (Phi) is 3.09. The van der Waals surface area contributed by atoms with Crippen LogP contribution in [0.25, 0.3) is 27.6 Å². The molecule has 0 fully saturated rings. The number of H-pyrrole nitrogens is 1. The van der Waals surface area contributed by atoms with Gasteiger partial charge in [0.2, 0.25) is 5.65 Å². The molecule has 0 aliphatic heterocycles. The monoisotopic (exact) mass is 329 g/mol. The first-order chi connectivity index (χ1) is 12.4. The Hall–Kier alpha value is -3.48. The van der Waals surface area contributed by atoms with E-state index in [2.05, 4.69) is 55.2 Å². The minimum Gasteiger partial charge on any atom is -0.367 e. The van der Waals surface area contributed by atoms with Crippen LogP contribution in [0.15, 0.2) is 54.7 Å². The molecule has 0 aliphatic carbocycles. The largest absolute Gasteiger partial charge is 0.367 e. The molecule has 0 radical (unpaired) electrons. The summed E-state index contributed by atoms with van der Waals surface area (Å²) in [6.07, 6.45) is 2.95.